The number of likely N-dealkylation sites (tertiary alicyclic amines) is 1. The van der Waals surface area contributed by atoms with Crippen LogP contribution in [0.1, 0.15) is 49.4 Å². The summed E-state index contributed by atoms with van der Waals surface area (Å²) in [6.45, 7) is 1.21. The Hall–Kier alpha value is -1.40. The second kappa shape index (κ2) is 7.24. The summed E-state index contributed by atoms with van der Waals surface area (Å²) in [5, 5.41) is 7.43. The second-order valence-corrected chi connectivity index (χ2v) is 7.13. The molecule has 1 atom stereocenters. The van der Waals surface area contributed by atoms with Gasteiger partial charge in [0, 0.05) is 17.0 Å². The highest BCUT2D eigenvalue weighted by Gasteiger charge is 2.28. The van der Waals surface area contributed by atoms with Crippen molar-refractivity contribution in [3.63, 3.8) is 0 Å². The van der Waals surface area contributed by atoms with Crippen LogP contribution >= 0.6 is 11.3 Å². The van der Waals surface area contributed by atoms with Crippen molar-refractivity contribution in [2.75, 3.05) is 13.1 Å². The van der Waals surface area contributed by atoms with E-state index in [0.717, 1.165) is 45.1 Å². The van der Waals surface area contributed by atoms with E-state index < -0.39 is 0 Å². The lowest BCUT2D eigenvalue weighted by atomic mass is 10.2. The number of amides is 3. The number of rotatable bonds is 4. The van der Waals surface area contributed by atoms with Crippen LogP contribution in [0.3, 0.4) is 0 Å². The van der Waals surface area contributed by atoms with Gasteiger partial charge in [-0.25, -0.2) is 4.79 Å². The van der Waals surface area contributed by atoms with E-state index in [1.54, 1.807) is 11.3 Å². The van der Waals surface area contributed by atoms with Crippen molar-refractivity contribution in [2.24, 2.45) is 0 Å². The summed E-state index contributed by atoms with van der Waals surface area (Å²) in [5.41, 5.74) is 0. The first-order valence-corrected chi connectivity index (χ1v) is 8.98. The third-order valence-corrected chi connectivity index (χ3v) is 5.50. The Kier molecular flexibility index (Phi) is 5.10. The predicted octanol–water partition coefficient (Wildman–Crippen LogP) is 2.65. The SMILES string of the molecule is O=C(CN1CCCC1c1cccs1)NC(=O)NC1CCCC1. The molecule has 1 aromatic heterocycles. The third kappa shape index (κ3) is 3.87. The maximum atomic E-state index is 12.1. The first-order valence-electron chi connectivity index (χ1n) is 8.10. The van der Waals surface area contributed by atoms with Gasteiger partial charge in [0.2, 0.25) is 5.91 Å². The first kappa shape index (κ1) is 15.5. The maximum Gasteiger partial charge on any atom is 0.321 e. The molecule has 3 rings (SSSR count). The molecule has 1 unspecified atom stereocenters. The monoisotopic (exact) mass is 321 g/mol. The second-order valence-electron chi connectivity index (χ2n) is 6.15. The zero-order valence-corrected chi connectivity index (χ0v) is 13.5. The molecule has 6 heteroatoms. The molecule has 0 radical (unpaired) electrons. The summed E-state index contributed by atoms with van der Waals surface area (Å²) in [4.78, 5) is 27.4. The number of nitrogens with one attached hydrogen (secondary N) is 2. The smallest absolute Gasteiger partial charge is 0.321 e. The molecule has 3 amide bonds. The summed E-state index contributed by atoms with van der Waals surface area (Å²) in [7, 11) is 0. The van der Waals surface area contributed by atoms with Crippen LogP contribution in [0.15, 0.2) is 17.5 Å². The topological polar surface area (TPSA) is 61.4 Å². The summed E-state index contributed by atoms with van der Waals surface area (Å²) in [5.74, 6) is -0.209. The molecular weight excluding hydrogens is 298 g/mol. The van der Waals surface area contributed by atoms with Crippen molar-refractivity contribution in [1.82, 2.24) is 15.5 Å². The standard InChI is InChI=1S/C16H23N3O2S/c20-15(18-16(21)17-12-5-1-2-6-12)11-19-9-3-7-13(19)14-8-4-10-22-14/h4,8,10,12-13H,1-3,5-7,9,11H2,(H2,17,18,20,21). The van der Waals surface area contributed by atoms with Gasteiger partial charge in [0.1, 0.15) is 0 Å². The van der Waals surface area contributed by atoms with Gasteiger partial charge in [-0.15, -0.1) is 11.3 Å². The fourth-order valence-corrected chi connectivity index (χ4v) is 4.36. The molecule has 2 heterocycles. The molecule has 0 spiro atoms. The van der Waals surface area contributed by atoms with Crippen LogP contribution in [-0.4, -0.2) is 36.0 Å². The lowest BCUT2D eigenvalue weighted by Crippen LogP contribution is -2.46. The molecule has 1 saturated carbocycles. The number of nitrogens with zero attached hydrogens (tertiary/aromatic N) is 1. The van der Waals surface area contributed by atoms with E-state index in [2.05, 4.69) is 27.0 Å². The number of carbonyl (C=O) groups excluding carboxylic acids is 2. The van der Waals surface area contributed by atoms with E-state index in [4.69, 9.17) is 0 Å². The van der Waals surface area contributed by atoms with E-state index in [0.29, 0.717) is 12.6 Å². The highest BCUT2D eigenvalue weighted by molar-refractivity contribution is 7.10. The zero-order chi connectivity index (χ0) is 15.4. The lowest BCUT2D eigenvalue weighted by Gasteiger charge is -2.23. The predicted molar refractivity (Wildman–Crippen MR) is 86.8 cm³/mol. The molecule has 1 aliphatic carbocycles. The van der Waals surface area contributed by atoms with Crippen LogP contribution in [0.25, 0.3) is 0 Å². The molecule has 22 heavy (non-hydrogen) atoms. The molecule has 0 aromatic carbocycles. The number of hydrogen-bond acceptors (Lipinski definition) is 4. The highest BCUT2D eigenvalue weighted by Crippen LogP contribution is 2.33. The van der Waals surface area contributed by atoms with E-state index in [1.165, 1.54) is 4.88 Å². The number of hydrogen-bond donors (Lipinski definition) is 2. The van der Waals surface area contributed by atoms with Gasteiger partial charge in [0.15, 0.2) is 0 Å². The van der Waals surface area contributed by atoms with Gasteiger partial charge in [0.05, 0.1) is 6.54 Å². The third-order valence-electron chi connectivity index (χ3n) is 4.53. The Morgan fingerprint density at radius 2 is 2.05 bits per heavy atom. The van der Waals surface area contributed by atoms with Gasteiger partial charge < -0.3 is 5.32 Å². The summed E-state index contributed by atoms with van der Waals surface area (Å²) in [6.07, 6.45) is 6.55. The number of thiophene rings is 1. The van der Waals surface area contributed by atoms with Crippen molar-refractivity contribution in [3.8, 4) is 0 Å². The maximum absolute atomic E-state index is 12.1. The van der Waals surface area contributed by atoms with Crippen molar-refractivity contribution in [1.29, 1.82) is 0 Å². The van der Waals surface area contributed by atoms with E-state index in [9.17, 15) is 9.59 Å². The van der Waals surface area contributed by atoms with Gasteiger partial charge in [-0.3, -0.25) is 15.0 Å². The minimum Gasteiger partial charge on any atom is -0.335 e. The molecule has 1 aromatic rings. The van der Waals surface area contributed by atoms with Crippen molar-refractivity contribution >= 4 is 23.3 Å². The van der Waals surface area contributed by atoms with Crippen molar-refractivity contribution in [2.45, 2.75) is 50.6 Å². The zero-order valence-electron chi connectivity index (χ0n) is 12.7. The van der Waals surface area contributed by atoms with Crippen LogP contribution in [0, 0.1) is 0 Å². The molecule has 5 nitrogen and oxygen atoms in total. The van der Waals surface area contributed by atoms with Crippen LogP contribution in [0.5, 0.6) is 0 Å². The fraction of sp³-hybridized carbons (Fsp3) is 0.625. The summed E-state index contributed by atoms with van der Waals surface area (Å²) in [6, 6.07) is 4.38. The Labute approximate surface area is 135 Å². The fourth-order valence-electron chi connectivity index (χ4n) is 3.46. The van der Waals surface area contributed by atoms with Gasteiger partial charge in [-0.05, 0) is 43.7 Å². The molecule has 1 saturated heterocycles. The number of imide groups is 1. The van der Waals surface area contributed by atoms with Gasteiger partial charge in [-0.2, -0.15) is 0 Å². The normalized spacial score (nSPS) is 22.8. The molecule has 0 bridgehead atoms. The van der Waals surface area contributed by atoms with Crippen LogP contribution in [0.2, 0.25) is 0 Å². The molecule has 2 aliphatic rings. The molecule has 1 aliphatic heterocycles. The minimum absolute atomic E-state index is 0.209. The quantitative estimate of drug-likeness (QED) is 0.896. The molecule has 2 N–H and O–H groups in total. The van der Waals surface area contributed by atoms with Crippen LogP contribution in [-0.2, 0) is 4.79 Å². The Bertz CT molecular complexity index is 511. The Balaban J connectivity index is 1.47. The van der Waals surface area contributed by atoms with Gasteiger partial charge in [-0.1, -0.05) is 18.9 Å². The summed E-state index contributed by atoms with van der Waals surface area (Å²) < 4.78 is 0. The van der Waals surface area contributed by atoms with Crippen molar-refractivity contribution < 1.29 is 9.59 Å². The minimum atomic E-state index is -0.344. The van der Waals surface area contributed by atoms with E-state index in [1.807, 2.05) is 6.07 Å². The average molecular weight is 321 g/mol. The van der Waals surface area contributed by atoms with Crippen molar-refractivity contribution in [3.05, 3.63) is 22.4 Å². The van der Waals surface area contributed by atoms with Gasteiger partial charge >= 0.3 is 6.03 Å². The lowest BCUT2D eigenvalue weighted by molar-refractivity contribution is -0.121. The summed E-state index contributed by atoms with van der Waals surface area (Å²) >= 11 is 1.73. The molecule has 2 fully saturated rings. The molecule has 120 valence electrons. The van der Waals surface area contributed by atoms with Gasteiger partial charge in [0.25, 0.3) is 0 Å². The van der Waals surface area contributed by atoms with Crippen LogP contribution < -0.4 is 10.6 Å². The Morgan fingerprint density at radius 1 is 1.23 bits per heavy atom. The number of urea groups is 1. The van der Waals surface area contributed by atoms with E-state index in [-0.39, 0.29) is 18.0 Å². The van der Waals surface area contributed by atoms with E-state index >= 15 is 0 Å². The highest BCUT2D eigenvalue weighted by atomic mass is 32.1. The van der Waals surface area contributed by atoms with Crippen LogP contribution in [0.4, 0.5) is 4.79 Å². The first-order chi connectivity index (χ1) is 10.7. The average Bonchev–Trinajstić information content (AvgIpc) is 3.19. The largest absolute Gasteiger partial charge is 0.335 e. The number of carbonyl (C=O) groups is 2. The molecular formula is C16H23N3O2S. The Morgan fingerprint density at radius 3 is 2.77 bits per heavy atom.